The average Bonchev–Trinajstić information content (AvgIpc) is 3.33. The Balaban J connectivity index is 1.55. The highest BCUT2D eigenvalue weighted by atomic mass is 32.2. The van der Waals surface area contributed by atoms with E-state index in [0.717, 1.165) is 48.2 Å². The second kappa shape index (κ2) is 7.93. The highest BCUT2D eigenvalue weighted by Gasteiger charge is 2.18. The molecule has 0 radical (unpaired) electrons. The van der Waals surface area contributed by atoms with Gasteiger partial charge in [-0.25, -0.2) is 4.21 Å². The minimum absolute atomic E-state index is 0.775. The second-order valence-electron chi connectivity index (χ2n) is 8.72. The van der Waals surface area contributed by atoms with Crippen molar-refractivity contribution < 1.29 is 8.63 Å². The molecule has 1 atom stereocenters. The van der Waals surface area contributed by atoms with Crippen molar-refractivity contribution in [3.8, 4) is 11.1 Å². The third-order valence-corrected chi connectivity index (χ3v) is 8.05. The number of benzene rings is 6. The molecule has 0 saturated carbocycles. The van der Waals surface area contributed by atoms with Gasteiger partial charge in [0.2, 0.25) is 0 Å². The van der Waals surface area contributed by atoms with Crippen molar-refractivity contribution in [3.63, 3.8) is 0 Å². The minimum atomic E-state index is -1.26. The van der Waals surface area contributed by atoms with E-state index in [4.69, 9.17) is 4.42 Å². The van der Waals surface area contributed by atoms with Crippen LogP contribution < -0.4 is 0 Å². The maximum atomic E-state index is 13.3. The van der Waals surface area contributed by atoms with Gasteiger partial charge in [0.15, 0.2) is 0 Å². The van der Waals surface area contributed by atoms with Gasteiger partial charge in [0.1, 0.15) is 11.2 Å². The van der Waals surface area contributed by atoms with Crippen LogP contribution in [0.4, 0.5) is 0 Å². The van der Waals surface area contributed by atoms with E-state index in [9.17, 15) is 4.21 Å². The average molecular weight is 469 g/mol. The number of fused-ring (bicyclic) bond motifs is 7. The first-order chi connectivity index (χ1) is 17.3. The summed E-state index contributed by atoms with van der Waals surface area (Å²) < 4.78 is 19.8. The molecule has 0 fully saturated rings. The van der Waals surface area contributed by atoms with E-state index in [0.29, 0.717) is 0 Å². The highest BCUT2D eigenvalue weighted by Crippen LogP contribution is 2.43. The minimum Gasteiger partial charge on any atom is -0.455 e. The third kappa shape index (κ3) is 3.20. The van der Waals surface area contributed by atoms with Crippen molar-refractivity contribution >= 4 is 54.3 Å². The van der Waals surface area contributed by atoms with Gasteiger partial charge in [-0.15, -0.1) is 0 Å². The molecule has 0 saturated heterocycles. The van der Waals surface area contributed by atoms with Crippen molar-refractivity contribution in [1.29, 1.82) is 0 Å². The zero-order chi connectivity index (χ0) is 23.4. The molecule has 6 aromatic carbocycles. The molecule has 35 heavy (non-hydrogen) atoms. The number of hydrogen-bond donors (Lipinski definition) is 0. The SMILES string of the molecule is O=S(c1ccccc1)c1cccc(-c2cc3ccccc3c3c2oc2ccc4ccccc4c23)c1. The van der Waals surface area contributed by atoms with Gasteiger partial charge in [-0.1, -0.05) is 84.9 Å². The molecule has 0 bridgehead atoms. The third-order valence-electron chi connectivity index (χ3n) is 6.67. The summed E-state index contributed by atoms with van der Waals surface area (Å²) in [5.41, 5.74) is 3.73. The Hall–Kier alpha value is -4.21. The topological polar surface area (TPSA) is 30.2 Å². The molecular weight excluding hydrogens is 448 g/mol. The van der Waals surface area contributed by atoms with Crippen LogP contribution in [0.5, 0.6) is 0 Å². The Morgan fingerprint density at radius 2 is 1.23 bits per heavy atom. The molecule has 0 amide bonds. The molecule has 3 heteroatoms. The first-order valence-electron chi connectivity index (χ1n) is 11.6. The highest BCUT2D eigenvalue weighted by molar-refractivity contribution is 7.85. The summed E-state index contributed by atoms with van der Waals surface area (Å²) in [5.74, 6) is 0. The summed E-state index contributed by atoms with van der Waals surface area (Å²) in [4.78, 5) is 1.57. The van der Waals surface area contributed by atoms with Gasteiger partial charge >= 0.3 is 0 Å². The molecule has 0 spiro atoms. The second-order valence-corrected chi connectivity index (χ2v) is 10.2. The molecule has 0 N–H and O–H groups in total. The standard InChI is InChI=1S/C32H20O2S/c33-35(24-12-2-1-3-13-24)25-14-8-11-22(19-25)28-20-23-10-5-7-16-27(23)31-30-26-15-6-4-9-21(26)17-18-29(30)34-32(28)31/h1-20H. The summed E-state index contributed by atoms with van der Waals surface area (Å²) in [7, 11) is -1.26. The molecule has 1 aromatic heterocycles. The van der Waals surface area contributed by atoms with Gasteiger partial charge < -0.3 is 4.42 Å². The van der Waals surface area contributed by atoms with Gasteiger partial charge in [0.25, 0.3) is 0 Å². The first-order valence-corrected chi connectivity index (χ1v) is 12.8. The van der Waals surface area contributed by atoms with Crippen molar-refractivity contribution in [2.75, 3.05) is 0 Å². The number of furan rings is 1. The zero-order valence-corrected chi connectivity index (χ0v) is 19.6. The van der Waals surface area contributed by atoms with Gasteiger partial charge in [-0.2, -0.15) is 0 Å². The van der Waals surface area contributed by atoms with E-state index in [2.05, 4.69) is 72.8 Å². The fraction of sp³-hybridized carbons (Fsp3) is 0. The Morgan fingerprint density at radius 1 is 0.543 bits per heavy atom. The van der Waals surface area contributed by atoms with Crippen molar-refractivity contribution in [3.05, 3.63) is 121 Å². The van der Waals surface area contributed by atoms with E-state index in [-0.39, 0.29) is 0 Å². The van der Waals surface area contributed by atoms with E-state index in [1.54, 1.807) is 0 Å². The van der Waals surface area contributed by atoms with E-state index in [1.807, 2.05) is 48.5 Å². The molecule has 1 heterocycles. The molecule has 0 aliphatic heterocycles. The lowest BCUT2D eigenvalue weighted by molar-refractivity contribution is 0.670. The van der Waals surface area contributed by atoms with Crippen LogP contribution in [-0.2, 0) is 10.8 Å². The van der Waals surface area contributed by atoms with Gasteiger partial charge in [-0.3, -0.25) is 0 Å². The van der Waals surface area contributed by atoms with E-state index in [1.165, 1.54) is 16.2 Å². The van der Waals surface area contributed by atoms with Crippen LogP contribution in [0.1, 0.15) is 0 Å². The summed E-state index contributed by atoms with van der Waals surface area (Å²) in [5, 5.41) is 6.97. The van der Waals surface area contributed by atoms with Crippen LogP contribution in [0.25, 0.3) is 54.6 Å². The molecule has 2 nitrogen and oxygen atoms in total. The summed E-state index contributed by atoms with van der Waals surface area (Å²) in [6.07, 6.45) is 0. The fourth-order valence-corrected chi connectivity index (χ4v) is 6.17. The Bertz CT molecular complexity index is 1920. The molecule has 7 rings (SSSR count). The maximum Gasteiger partial charge on any atom is 0.143 e. The van der Waals surface area contributed by atoms with Crippen LogP contribution in [0, 0.1) is 0 Å². The van der Waals surface area contributed by atoms with Crippen molar-refractivity contribution in [1.82, 2.24) is 0 Å². The predicted molar refractivity (Wildman–Crippen MR) is 145 cm³/mol. The number of rotatable bonds is 3. The number of hydrogen-bond acceptors (Lipinski definition) is 2. The lowest BCUT2D eigenvalue weighted by Crippen LogP contribution is -1.93. The van der Waals surface area contributed by atoms with Gasteiger partial charge in [0, 0.05) is 26.1 Å². The Morgan fingerprint density at radius 3 is 2.06 bits per heavy atom. The summed E-state index contributed by atoms with van der Waals surface area (Å²) in [6, 6.07) is 40.9. The normalized spacial score (nSPS) is 12.6. The molecule has 166 valence electrons. The molecule has 0 aliphatic rings. The Kier molecular flexibility index (Phi) is 4.58. The van der Waals surface area contributed by atoms with E-state index >= 15 is 0 Å². The quantitative estimate of drug-likeness (QED) is 0.259. The lowest BCUT2D eigenvalue weighted by atomic mass is 9.95. The monoisotopic (exact) mass is 468 g/mol. The Labute approximate surface area is 204 Å². The van der Waals surface area contributed by atoms with E-state index < -0.39 is 10.8 Å². The largest absolute Gasteiger partial charge is 0.455 e. The van der Waals surface area contributed by atoms with Crippen LogP contribution in [0.15, 0.2) is 136 Å². The van der Waals surface area contributed by atoms with Crippen molar-refractivity contribution in [2.45, 2.75) is 9.79 Å². The van der Waals surface area contributed by atoms with Crippen molar-refractivity contribution in [2.24, 2.45) is 0 Å². The first kappa shape index (κ1) is 20.2. The van der Waals surface area contributed by atoms with Crippen LogP contribution >= 0.6 is 0 Å². The summed E-state index contributed by atoms with van der Waals surface area (Å²) >= 11 is 0. The smallest absolute Gasteiger partial charge is 0.143 e. The molecule has 0 aliphatic carbocycles. The zero-order valence-electron chi connectivity index (χ0n) is 18.8. The lowest BCUT2D eigenvalue weighted by Gasteiger charge is -2.09. The molecule has 7 aromatic rings. The van der Waals surface area contributed by atoms with Crippen LogP contribution in [0.2, 0.25) is 0 Å². The van der Waals surface area contributed by atoms with Crippen LogP contribution in [0.3, 0.4) is 0 Å². The predicted octanol–water partition coefficient (Wildman–Crippen LogP) is 8.73. The van der Waals surface area contributed by atoms with Gasteiger partial charge in [0.05, 0.1) is 10.8 Å². The van der Waals surface area contributed by atoms with Crippen LogP contribution in [-0.4, -0.2) is 4.21 Å². The fourth-order valence-electron chi connectivity index (χ4n) is 5.06. The molecular formula is C32H20O2S. The van der Waals surface area contributed by atoms with Gasteiger partial charge in [-0.05, 0) is 63.5 Å². The molecule has 1 unspecified atom stereocenters. The maximum absolute atomic E-state index is 13.3. The summed E-state index contributed by atoms with van der Waals surface area (Å²) in [6.45, 7) is 0.